The molecule has 0 aliphatic heterocycles. The standard InChI is InChI=1S/C19H21F3N2O/c1-2-3-10-17(15-8-6-11-23-13-15)24-18(25)12-14-7-4-5-9-16(14)19(20,21)22/h4-9,11,13,17H,2-3,10,12H2,1H3,(H,24,25)/t17-/m0/s1. The Morgan fingerprint density at radius 1 is 1.20 bits per heavy atom. The van der Waals surface area contributed by atoms with E-state index in [1.165, 1.54) is 18.2 Å². The Hall–Kier alpha value is -2.37. The van der Waals surface area contributed by atoms with Crippen molar-refractivity contribution in [1.29, 1.82) is 0 Å². The summed E-state index contributed by atoms with van der Waals surface area (Å²) < 4.78 is 39.2. The summed E-state index contributed by atoms with van der Waals surface area (Å²) in [4.78, 5) is 16.4. The van der Waals surface area contributed by atoms with E-state index in [0.717, 1.165) is 30.9 Å². The van der Waals surface area contributed by atoms with E-state index in [2.05, 4.69) is 10.3 Å². The van der Waals surface area contributed by atoms with E-state index < -0.39 is 17.6 Å². The molecule has 0 fully saturated rings. The minimum absolute atomic E-state index is 0.0204. The van der Waals surface area contributed by atoms with Gasteiger partial charge in [0.1, 0.15) is 0 Å². The summed E-state index contributed by atoms with van der Waals surface area (Å²) in [6, 6.07) is 8.55. The minimum Gasteiger partial charge on any atom is -0.349 e. The fourth-order valence-electron chi connectivity index (χ4n) is 2.68. The highest BCUT2D eigenvalue weighted by Crippen LogP contribution is 2.32. The van der Waals surface area contributed by atoms with Crippen molar-refractivity contribution >= 4 is 5.91 Å². The number of nitrogens with zero attached hydrogens (tertiary/aromatic N) is 1. The molecule has 0 spiro atoms. The fourth-order valence-corrected chi connectivity index (χ4v) is 2.68. The van der Waals surface area contributed by atoms with Gasteiger partial charge in [-0.1, -0.05) is 44.0 Å². The van der Waals surface area contributed by atoms with Crippen molar-refractivity contribution in [3.63, 3.8) is 0 Å². The number of benzene rings is 1. The predicted octanol–water partition coefficient (Wildman–Crippen LogP) is 4.69. The van der Waals surface area contributed by atoms with Crippen LogP contribution in [0.3, 0.4) is 0 Å². The van der Waals surface area contributed by atoms with Gasteiger partial charge in [0.05, 0.1) is 18.0 Å². The smallest absolute Gasteiger partial charge is 0.349 e. The Morgan fingerprint density at radius 2 is 1.96 bits per heavy atom. The van der Waals surface area contributed by atoms with Crippen LogP contribution in [-0.2, 0) is 17.4 Å². The first-order chi connectivity index (χ1) is 11.9. The summed E-state index contributed by atoms with van der Waals surface area (Å²) >= 11 is 0. The average Bonchev–Trinajstić information content (AvgIpc) is 2.59. The van der Waals surface area contributed by atoms with E-state index in [1.807, 2.05) is 13.0 Å². The largest absolute Gasteiger partial charge is 0.416 e. The van der Waals surface area contributed by atoms with Crippen LogP contribution in [0.1, 0.15) is 48.9 Å². The topological polar surface area (TPSA) is 42.0 Å². The molecular weight excluding hydrogens is 329 g/mol. The minimum atomic E-state index is -4.47. The number of halogens is 3. The lowest BCUT2D eigenvalue weighted by Gasteiger charge is -2.19. The lowest BCUT2D eigenvalue weighted by atomic mass is 10.0. The van der Waals surface area contributed by atoms with Gasteiger partial charge in [-0.3, -0.25) is 9.78 Å². The number of hydrogen-bond acceptors (Lipinski definition) is 2. The average molecular weight is 350 g/mol. The molecule has 6 heteroatoms. The van der Waals surface area contributed by atoms with Crippen LogP contribution in [0.4, 0.5) is 13.2 Å². The quantitative estimate of drug-likeness (QED) is 0.787. The van der Waals surface area contributed by atoms with Crippen LogP contribution < -0.4 is 5.32 Å². The first kappa shape index (κ1) is 19.0. The van der Waals surface area contributed by atoms with Crippen molar-refractivity contribution in [2.45, 2.75) is 44.8 Å². The van der Waals surface area contributed by atoms with Gasteiger partial charge in [-0.2, -0.15) is 13.2 Å². The Morgan fingerprint density at radius 3 is 2.60 bits per heavy atom. The molecule has 134 valence electrons. The third-order valence-corrected chi connectivity index (χ3v) is 3.94. The van der Waals surface area contributed by atoms with Crippen molar-refractivity contribution in [2.75, 3.05) is 0 Å². The fraction of sp³-hybridized carbons (Fsp3) is 0.368. The van der Waals surface area contributed by atoms with Crippen molar-refractivity contribution in [3.05, 3.63) is 65.5 Å². The second kappa shape index (κ2) is 8.65. The van der Waals surface area contributed by atoms with Crippen LogP contribution in [0.2, 0.25) is 0 Å². The third-order valence-electron chi connectivity index (χ3n) is 3.94. The molecule has 0 bridgehead atoms. The molecule has 0 aliphatic carbocycles. The molecule has 2 rings (SSSR count). The van der Waals surface area contributed by atoms with Crippen LogP contribution in [-0.4, -0.2) is 10.9 Å². The summed E-state index contributed by atoms with van der Waals surface area (Å²) in [5, 5.41) is 2.85. The lowest BCUT2D eigenvalue weighted by Crippen LogP contribution is -2.30. The molecule has 1 heterocycles. The normalized spacial score (nSPS) is 12.6. The third kappa shape index (κ3) is 5.59. The van der Waals surface area contributed by atoms with Gasteiger partial charge in [-0.15, -0.1) is 0 Å². The van der Waals surface area contributed by atoms with Crippen molar-refractivity contribution in [1.82, 2.24) is 10.3 Å². The summed E-state index contributed by atoms with van der Waals surface area (Å²) in [5.74, 6) is -0.429. The molecular formula is C19H21F3N2O. The zero-order chi connectivity index (χ0) is 18.3. The van der Waals surface area contributed by atoms with Crippen LogP contribution in [0.25, 0.3) is 0 Å². The number of pyridine rings is 1. The van der Waals surface area contributed by atoms with Crippen molar-refractivity contribution < 1.29 is 18.0 Å². The number of rotatable bonds is 7. The number of alkyl halides is 3. The molecule has 3 nitrogen and oxygen atoms in total. The van der Waals surface area contributed by atoms with E-state index in [4.69, 9.17) is 0 Å². The maximum Gasteiger partial charge on any atom is 0.416 e. The maximum atomic E-state index is 13.1. The van der Waals surface area contributed by atoms with Gasteiger partial charge in [0, 0.05) is 12.4 Å². The number of carbonyl (C=O) groups is 1. The van der Waals surface area contributed by atoms with Crippen LogP contribution in [0.15, 0.2) is 48.8 Å². The Bertz CT molecular complexity index is 687. The summed E-state index contributed by atoms with van der Waals surface area (Å²) in [5.41, 5.74) is 0.0676. The molecule has 0 saturated heterocycles. The van der Waals surface area contributed by atoms with E-state index in [1.54, 1.807) is 18.5 Å². The first-order valence-electron chi connectivity index (χ1n) is 8.26. The Labute approximate surface area is 145 Å². The monoisotopic (exact) mass is 350 g/mol. The molecule has 0 aliphatic rings. The number of amides is 1. The van der Waals surface area contributed by atoms with Crippen LogP contribution >= 0.6 is 0 Å². The molecule has 1 aromatic heterocycles. The second-order valence-electron chi connectivity index (χ2n) is 5.88. The summed E-state index contributed by atoms with van der Waals surface area (Å²) in [6.45, 7) is 2.04. The number of carbonyl (C=O) groups excluding carboxylic acids is 1. The number of hydrogen-bond donors (Lipinski definition) is 1. The van der Waals surface area contributed by atoms with Gasteiger partial charge in [-0.05, 0) is 29.7 Å². The second-order valence-corrected chi connectivity index (χ2v) is 5.88. The van der Waals surface area contributed by atoms with Gasteiger partial charge in [0.2, 0.25) is 5.91 Å². The van der Waals surface area contributed by atoms with E-state index >= 15 is 0 Å². The Kier molecular flexibility index (Phi) is 6.56. The maximum absolute atomic E-state index is 13.1. The first-order valence-corrected chi connectivity index (χ1v) is 8.26. The summed E-state index contributed by atoms with van der Waals surface area (Å²) in [6.07, 6.45) is 1.11. The van der Waals surface area contributed by atoms with Gasteiger partial charge >= 0.3 is 6.18 Å². The van der Waals surface area contributed by atoms with Crippen LogP contribution in [0, 0.1) is 0 Å². The van der Waals surface area contributed by atoms with Gasteiger partial charge < -0.3 is 5.32 Å². The molecule has 1 aromatic carbocycles. The predicted molar refractivity (Wildman–Crippen MR) is 89.8 cm³/mol. The van der Waals surface area contributed by atoms with Gasteiger partial charge in [0.25, 0.3) is 0 Å². The SMILES string of the molecule is CCCC[C@H](NC(=O)Cc1ccccc1C(F)(F)F)c1cccnc1. The molecule has 25 heavy (non-hydrogen) atoms. The van der Waals surface area contributed by atoms with E-state index in [9.17, 15) is 18.0 Å². The van der Waals surface area contributed by atoms with Gasteiger partial charge in [0.15, 0.2) is 0 Å². The highest BCUT2D eigenvalue weighted by molar-refractivity contribution is 5.79. The molecule has 0 unspecified atom stereocenters. The lowest BCUT2D eigenvalue weighted by molar-refractivity contribution is -0.138. The zero-order valence-corrected chi connectivity index (χ0v) is 14.0. The molecule has 1 N–H and O–H groups in total. The highest BCUT2D eigenvalue weighted by atomic mass is 19.4. The van der Waals surface area contributed by atoms with E-state index in [0.29, 0.717) is 0 Å². The number of unbranched alkanes of at least 4 members (excludes halogenated alkanes) is 1. The molecule has 2 aromatic rings. The molecule has 0 radical (unpaired) electrons. The van der Waals surface area contributed by atoms with Crippen LogP contribution in [0.5, 0.6) is 0 Å². The van der Waals surface area contributed by atoms with Crippen molar-refractivity contribution in [3.8, 4) is 0 Å². The molecule has 1 amide bonds. The molecule has 0 saturated carbocycles. The summed E-state index contributed by atoms with van der Waals surface area (Å²) in [7, 11) is 0. The highest BCUT2D eigenvalue weighted by Gasteiger charge is 2.33. The number of aromatic nitrogens is 1. The Balaban J connectivity index is 2.12. The van der Waals surface area contributed by atoms with Gasteiger partial charge in [-0.25, -0.2) is 0 Å². The zero-order valence-electron chi connectivity index (χ0n) is 14.0. The molecule has 1 atom stereocenters. The van der Waals surface area contributed by atoms with E-state index in [-0.39, 0.29) is 18.0 Å². The number of nitrogens with one attached hydrogen (secondary N) is 1. The van der Waals surface area contributed by atoms with Crippen molar-refractivity contribution in [2.24, 2.45) is 0 Å².